The lowest BCUT2D eigenvalue weighted by Crippen LogP contribution is -2.36. The fourth-order valence-corrected chi connectivity index (χ4v) is 3.35. The van der Waals surface area contributed by atoms with Crippen LogP contribution >= 0.6 is 0 Å². The van der Waals surface area contributed by atoms with E-state index in [4.69, 9.17) is 9.26 Å². The number of pyridine rings is 1. The summed E-state index contributed by atoms with van der Waals surface area (Å²) < 4.78 is 10.6. The Balaban J connectivity index is 1.63. The van der Waals surface area contributed by atoms with Crippen LogP contribution in [0, 0.1) is 13.8 Å². The van der Waals surface area contributed by atoms with Crippen molar-refractivity contribution in [2.75, 3.05) is 13.2 Å². The molecule has 1 aliphatic heterocycles. The van der Waals surface area contributed by atoms with Crippen molar-refractivity contribution in [1.29, 1.82) is 0 Å². The Hall–Kier alpha value is -2.90. The quantitative estimate of drug-likeness (QED) is 0.819. The molecule has 0 aliphatic carbocycles. The van der Waals surface area contributed by atoms with Gasteiger partial charge in [-0.05, 0) is 45.7 Å². The molecule has 3 heterocycles. The van der Waals surface area contributed by atoms with Crippen molar-refractivity contribution in [2.45, 2.75) is 52.6 Å². The molecule has 3 rings (SSSR count). The fraction of sp³-hybridized carbons (Fsp3) is 0.500. The first-order valence-electron chi connectivity index (χ1n) is 9.57. The number of carbonyl (C=O) groups excluding carboxylic acids is 2. The van der Waals surface area contributed by atoms with Gasteiger partial charge >= 0.3 is 0 Å². The van der Waals surface area contributed by atoms with Gasteiger partial charge in [-0.15, -0.1) is 0 Å². The van der Waals surface area contributed by atoms with Crippen molar-refractivity contribution < 1.29 is 18.8 Å². The highest BCUT2D eigenvalue weighted by molar-refractivity contribution is 5.96. The standard InChI is InChI=1S/C20H26N4O4/c1-4-27-20-16(6-5-10-21-20)19(26)22-15-7-8-18(25)24(11-9-15)12-17-13(2)23-28-14(17)3/h5-6,10,15H,4,7-9,11-12H2,1-3H3,(H,22,26). The summed E-state index contributed by atoms with van der Waals surface area (Å²) in [5.74, 6) is 0.910. The fourth-order valence-electron chi connectivity index (χ4n) is 3.35. The zero-order valence-corrected chi connectivity index (χ0v) is 16.5. The number of likely N-dealkylation sites (tertiary alicyclic amines) is 1. The molecule has 1 unspecified atom stereocenters. The van der Waals surface area contributed by atoms with Gasteiger partial charge in [0, 0.05) is 30.8 Å². The van der Waals surface area contributed by atoms with Crippen molar-refractivity contribution >= 4 is 11.8 Å². The Morgan fingerprint density at radius 2 is 2.21 bits per heavy atom. The molecule has 1 aliphatic rings. The molecule has 0 radical (unpaired) electrons. The molecule has 0 saturated carbocycles. The highest BCUT2D eigenvalue weighted by Crippen LogP contribution is 2.20. The van der Waals surface area contributed by atoms with Crippen LogP contribution in [0.4, 0.5) is 0 Å². The predicted octanol–water partition coefficient (Wildman–Crippen LogP) is 2.40. The first kappa shape index (κ1) is 19.9. The molecule has 1 saturated heterocycles. The lowest BCUT2D eigenvalue weighted by molar-refractivity contribution is -0.131. The maximum atomic E-state index is 12.7. The number of nitrogens with zero attached hydrogens (tertiary/aromatic N) is 3. The molecule has 1 N–H and O–H groups in total. The summed E-state index contributed by atoms with van der Waals surface area (Å²) >= 11 is 0. The molecule has 1 fully saturated rings. The van der Waals surface area contributed by atoms with E-state index in [-0.39, 0.29) is 17.9 Å². The lowest BCUT2D eigenvalue weighted by Gasteiger charge is -2.21. The van der Waals surface area contributed by atoms with Crippen LogP contribution in [0.25, 0.3) is 0 Å². The number of hydrogen-bond donors (Lipinski definition) is 1. The van der Waals surface area contributed by atoms with E-state index in [0.717, 1.165) is 17.0 Å². The van der Waals surface area contributed by atoms with E-state index in [9.17, 15) is 9.59 Å². The average Bonchev–Trinajstić information content (AvgIpc) is 2.89. The lowest BCUT2D eigenvalue weighted by atomic mass is 10.1. The van der Waals surface area contributed by atoms with Crippen LogP contribution in [-0.2, 0) is 11.3 Å². The normalized spacial score (nSPS) is 17.3. The molecule has 0 spiro atoms. The van der Waals surface area contributed by atoms with E-state index in [0.29, 0.717) is 50.4 Å². The minimum absolute atomic E-state index is 0.0770. The zero-order valence-electron chi connectivity index (χ0n) is 16.5. The molecule has 28 heavy (non-hydrogen) atoms. The number of ether oxygens (including phenoxy) is 1. The molecule has 1 atom stereocenters. The molecule has 2 aromatic rings. The minimum atomic E-state index is -0.229. The highest BCUT2D eigenvalue weighted by Gasteiger charge is 2.26. The average molecular weight is 386 g/mol. The predicted molar refractivity (Wildman–Crippen MR) is 102 cm³/mol. The molecular weight excluding hydrogens is 360 g/mol. The number of hydrogen-bond acceptors (Lipinski definition) is 6. The number of carbonyl (C=O) groups is 2. The highest BCUT2D eigenvalue weighted by atomic mass is 16.5. The van der Waals surface area contributed by atoms with Gasteiger partial charge in [0.25, 0.3) is 5.91 Å². The first-order valence-corrected chi connectivity index (χ1v) is 9.57. The Kier molecular flexibility index (Phi) is 6.28. The molecule has 0 aromatic carbocycles. The summed E-state index contributed by atoms with van der Waals surface area (Å²) in [5.41, 5.74) is 2.17. The smallest absolute Gasteiger partial charge is 0.256 e. The van der Waals surface area contributed by atoms with Gasteiger partial charge in [-0.2, -0.15) is 0 Å². The van der Waals surface area contributed by atoms with E-state index >= 15 is 0 Å². The second-order valence-electron chi connectivity index (χ2n) is 6.90. The van der Waals surface area contributed by atoms with Gasteiger partial charge in [-0.25, -0.2) is 4.98 Å². The van der Waals surface area contributed by atoms with Crippen LogP contribution in [0.2, 0.25) is 0 Å². The maximum Gasteiger partial charge on any atom is 0.256 e. The Labute approximate surface area is 164 Å². The largest absolute Gasteiger partial charge is 0.477 e. The Morgan fingerprint density at radius 1 is 1.39 bits per heavy atom. The van der Waals surface area contributed by atoms with Crippen molar-refractivity contribution in [1.82, 2.24) is 20.4 Å². The third-order valence-corrected chi connectivity index (χ3v) is 4.97. The second kappa shape index (κ2) is 8.86. The monoisotopic (exact) mass is 386 g/mol. The molecule has 2 amide bonds. The van der Waals surface area contributed by atoms with Crippen LogP contribution in [0.3, 0.4) is 0 Å². The SMILES string of the molecule is CCOc1ncccc1C(=O)NC1CCC(=O)N(Cc2c(C)noc2C)CC1. The number of rotatable bonds is 6. The zero-order chi connectivity index (χ0) is 20.1. The maximum absolute atomic E-state index is 12.7. The van der Waals surface area contributed by atoms with Crippen molar-refractivity contribution in [3.05, 3.63) is 40.9 Å². The van der Waals surface area contributed by atoms with Gasteiger partial charge in [-0.3, -0.25) is 9.59 Å². The number of aryl methyl sites for hydroxylation is 2. The Morgan fingerprint density at radius 3 is 2.93 bits per heavy atom. The van der Waals surface area contributed by atoms with Crippen molar-refractivity contribution in [3.8, 4) is 5.88 Å². The molecule has 8 nitrogen and oxygen atoms in total. The summed E-state index contributed by atoms with van der Waals surface area (Å²) in [7, 11) is 0. The van der Waals surface area contributed by atoms with Crippen molar-refractivity contribution in [3.63, 3.8) is 0 Å². The van der Waals surface area contributed by atoms with Crippen LogP contribution in [0.15, 0.2) is 22.9 Å². The van der Waals surface area contributed by atoms with E-state index in [1.54, 1.807) is 18.3 Å². The first-order chi connectivity index (χ1) is 13.5. The second-order valence-corrected chi connectivity index (χ2v) is 6.90. The van der Waals surface area contributed by atoms with Gasteiger partial charge in [0.05, 0.1) is 18.8 Å². The van der Waals surface area contributed by atoms with Crippen LogP contribution in [-0.4, -0.2) is 46.0 Å². The molecule has 150 valence electrons. The number of amides is 2. The number of aromatic nitrogens is 2. The summed E-state index contributed by atoms with van der Waals surface area (Å²) in [6.45, 7) is 7.06. The van der Waals surface area contributed by atoms with Gasteiger partial charge in [0.2, 0.25) is 11.8 Å². The summed E-state index contributed by atoms with van der Waals surface area (Å²) in [5, 5.41) is 6.98. The topological polar surface area (TPSA) is 97.6 Å². The molecular formula is C20H26N4O4. The van der Waals surface area contributed by atoms with Gasteiger partial charge < -0.3 is 19.5 Å². The van der Waals surface area contributed by atoms with Crippen LogP contribution in [0.5, 0.6) is 5.88 Å². The summed E-state index contributed by atoms with van der Waals surface area (Å²) in [4.78, 5) is 31.2. The van der Waals surface area contributed by atoms with E-state index in [1.807, 2.05) is 25.7 Å². The number of nitrogens with one attached hydrogen (secondary N) is 1. The van der Waals surface area contributed by atoms with Crippen molar-refractivity contribution in [2.24, 2.45) is 0 Å². The minimum Gasteiger partial charge on any atom is -0.477 e. The summed E-state index contributed by atoms with van der Waals surface area (Å²) in [6.07, 6.45) is 3.27. The van der Waals surface area contributed by atoms with Gasteiger partial charge in [-0.1, -0.05) is 5.16 Å². The van der Waals surface area contributed by atoms with Gasteiger partial charge in [0.1, 0.15) is 11.3 Å². The van der Waals surface area contributed by atoms with E-state index < -0.39 is 0 Å². The molecule has 8 heteroatoms. The van der Waals surface area contributed by atoms with E-state index in [1.165, 1.54) is 0 Å². The van der Waals surface area contributed by atoms with Crippen LogP contribution < -0.4 is 10.1 Å². The third kappa shape index (κ3) is 4.49. The molecule has 0 bridgehead atoms. The third-order valence-electron chi connectivity index (χ3n) is 4.97. The van der Waals surface area contributed by atoms with E-state index in [2.05, 4.69) is 15.5 Å². The summed E-state index contributed by atoms with van der Waals surface area (Å²) in [6, 6.07) is 3.32. The van der Waals surface area contributed by atoms with Gasteiger partial charge in [0.15, 0.2) is 0 Å². The Bertz CT molecular complexity index is 829. The van der Waals surface area contributed by atoms with Crippen LogP contribution in [0.1, 0.15) is 53.6 Å². The molecule has 2 aromatic heterocycles.